The van der Waals surface area contributed by atoms with E-state index in [1.54, 1.807) is 13.3 Å². The summed E-state index contributed by atoms with van der Waals surface area (Å²) in [5, 5.41) is 0. The lowest BCUT2D eigenvalue weighted by Gasteiger charge is -2.30. The summed E-state index contributed by atoms with van der Waals surface area (Å²) in [4.78, 5) is 31.8. The maximum Gasteiger partial charge on any atom is 0.320 e. The minimum Gasteiger partial charge on any atom is -0.478 e. The second-order valence-corrected chi connectivity index (χ2v) is 9.65. The lowest BCUT2D eigenvalue weighted by atomic mass is 9.97. The zero-order valence-corrected chi connectivity index (χ0v) is 23.1. The fourth-order valence-electron chi connectivity index (χ4n) is 4.60. The van der Waals surface area contributed by atoms with E-state index in [0.29, 0.717) is 42.8 Å². The number of nitrogen functional groups attached to an aromatic ring is 1. The van der Waals surface area contributed by atoms with Crippen LogP contribution in [0.15, 0.2) is 18.3 Å². The van der Waals surface area contributed by atoms with Crippen LogP contribution in [0.5, 0.6) is 17.9 Å². The number of methoxy groups -OCH3 is 2. The molecule has 0 unspecified atom stereocenters. The molecule has 12 nitrogen and oxygen atoms in total. The smallest absolute Gasteiger partial charge is 0.320 e. The molecule has 3 aromatic rings. The summed E-state index contributed by atoms with van der Waals surface area (Å²) in [5.74, 6) is 0.791. The summed E-state index contributed by atoms with van der Waals surface area (Å²) >= 11 is 0. The van der Waals surface area contributed by atoms with Crippen LogP contribution in [0.3, 0.4) is 0 Å². The van der Waals surface area contributed by atoms with Crippen molar-refractivity contribution in [1.82, 2.24) is 29.4 Å². The van der Waals surface area contributed by atoms with Crippen LogP contribution in [0.25, 0.3) is 11.2 Å². The molecular weight excluding hydrogens is 502 g/mol. The molecule has 0 saturated carbocycles. The van der Waals surface area contributed by atoms with Crippen molar-refractivity contribution in [1.29, 1.82) is 0 Å². The van der Waals surface area contributed by atoms with Crippen molar-refractivity contribution in [3.63, 3.8) is 0 Å². The van der Waals surface area contributed by atoms with E-state index >= 15 is 0 Å². The van der Waals surface area contributed by atoms with Crippen LogP contribution < -0.4 is 19.9 Å². The van der Waals surface area contributed by atoms with Gasteiger partial charge in [0.15, 0.2) is 17.0 Å². The third kappa shape index (κ3) is 7.47. The van der Waals surface area contributed by atoms with Gasteiger partial charge in [-0.3, -0.25) is 9.36 Å². The van der Waals surface area contributed by atoms with E-state index < -0.39 is 0 Å². The fourth-order valence-corrected chi connectivity index (χ4v) is 4.60. The number of rotatable bonds is 14. The van der Waals surface area contributed by atoms with E-state index in [9.17, 15) is 4.79 Å². The first-order valence-corrected chi connectivity index (χ1v) is 13.6. The minimum absolute atomic E-state index is 0.0469. The van der Waals surface area contributed by atoms with Crippen molar-refractivity contribution >= 4 is 23.0 Å². The zero-order chi connectivity index (χ0) is 27.6. The van der Waals surface area contributed by atoms with E-state index in [4.69, 9.17) is 24.7 Å². The Hall–Kier alpha value is -3.67. The largest absolute Gasteiger partial charge is 0.478 e. The predicted octanol–water partition coefficient (Wildman–Crippen LogP) is 3.08. The molecule has 3 aromatic heterocycles. The molecule has 4 rings (SSSR count). The first kappa shape index (κ1) is 28.3. The summed E-state index contributed by atoms with van der Waals surface area (Å²) in [5.41, 5.74) is 8.07. The number of hydrogen-bond acceptors (Lipinski definition) is 11. The predicted molar refractivity (Wildman–Crippen MR) is 146 cm³/mol. The van der Waals surface area contributed by atoms with Gasteiger partial charge < -0.3 is 29.6 Å². The van der Waals surface area contributed by atoms with Crippen LogP contribution in [-0.2, 0) is 16.1 Å². The number of aromatic nitrogens is 5. The van der Waals surface area contributed by atoms with Crippen LogP contribution in [0.1, 0.15) is 51.0 Å². The number of carbonyl (C=O) groups excluding carboxylic acids is 1. The molecule has 1 aliphatic heterocycles. The van der Waals surface area contributed by atoms with Gasteiger partial charge in [0.05, 0.1) is 39.9 Å². The minimum atomic E-state index is -0.0840. The summed E-state index contributed by atoms with van der Waals surface area (Å²) in [7, 11) is 3.02. The molecule has 4 heterocycles. The number of unbranched alkanes of at least 4 members (excludes halogenated alkanes) is 2. The Kier molecular flexibility index (Phi) is 10.1. The van der Waals surface area contributed by atoms with E-state index in [0.717, 1.165) is 63.7 Å². The lowest BCUT2D eigenvalue weighted by molar-refractivity contribution is -0.147. The Morgan fingerprint density at radius 1 is 1.05 bits per heavy atom. The number of pyridine rings is 1. The summed E-state index contributed by atoms with van der Waals surface area (Å²) in [6.07, 6.45) is 7.39. The number of anilines is 1. The zero-order valence-electron chi connectivity index (χ0n) is 23.1. The van der Waals surface area contributed by atoms with Gasteiger partial charge in [-0.15, -0.1) is 0 Å². The Balaban J connectivity index is 1.27. The molecule has 0 amide bonds. The molecule has 1 saturated heterocycles. The van der Waals surface area contributed by atoms with Gasteiger partial charge in [0.1, 0.15) is 0 Å². The normalized spacial score (nSPS) is 14.4. The lowest BCUT2D eigenvalue weighted by Crippen LogP contribution is -2.37. The van der Waals surface area contributed by atoms with Crippen LogP contribution >= 0.6 is 0 Å². The highest BCUT2D eigenvalue weighted by molar-refractivity contribution is 5.83. The van der Waals surface area contributed by atoms with Crippen molar-refractivity contribution in [3.05, 3.63) is 23.9 Å². The number of likely N-dealkylation sites (tertiary alicyclic amines) is 1. The number of esters is 1. The van der Waals surface area contributed by atoms with Gasteiger partial charge in [0.25, 0.3) is 6.01 Å². The van der Waals surface area contributed by atoms with Crippen LogP contribution in [0.4, 0.5) is 5.82 Å². The molecule has 212 valence electrons. The fraction of sp³-hybridized carbons (Fsp3) is 0.593. The van der Waals surface area contributed by atoms with Gasteiger partial charge >= 0.3 is 12.0 Å². The molecule has 39 heavy (non-hydrogen) atoms. The molecule has 1 fully saturated rings. The van der Waals surface area contributed by atoms with Crippen LogP contribution in [0, 0.1) is 5.92 Å². The number of hydrogen-bond donors (Lipinski definition) is 1. The second kappa shape index (κ2) is 13.9. The van der Waals surface area contributed by atoms with E-state index in [-0.39, 0.29) is 23.7 Å². The van der Waals surface area contributed by atoms with Crippen molar-refractivity contribution < 1.29 is 23.7 Å². The van der Waals surface area contributed by atoms with Gasteiger partial charge in [-0.1, -0.05) is 19.4 Å². The number of ether oxygens (including phenoxy) is 4. The van der Waals surface area contributed by atoms with Crippen molar-refractivity contribution in [2.45, 2.75) is 52.0 Å². The second-order valence-electron chi connectivity index (χ2n) is 9.65. The molecule has 12 heteroatoms. The molecular formula is C27H39N7O5. The number of imidazole rings is 1. The van der Waals surface area contributed by atoms with Crippen molar-refractivity contribution in [2.24, 2.45) is 5.92 Å². The SMILES string of the molecule is CCCCOc1nc(N)c2nc(OC)n(Cc3ccc(OCCCCN4CCC(C(=O)OC)CC4)nc3)c2n1. The average Bonchev–Trinajstić information content (AvgIpc) is 3.31. The Morgan fingerprint density at radius 3 is 2.54 bits per heavy atom. The topological polar surface area (TPSA) is 140 Å². The van der Waals surface area contributed by atoms with Gasteiger partial charge in [-0.25, -0.2) is 4.98 Å². The average molecular weight is 542 g/mol. The first-order valence-electron chi connectivity index (χ1n) is 13.6. The quantitative estimate of drug-likeness (QED) is 0.238. The van der Waals surface area contributed by atoms with Crippen molar-refractivity contribution in [3.8, 4) is 17.9 Å². The molecule has 0 radical (unpaired) electrons. The highest BCUT2D eigenvalue weighted by Crippen LogP contribution is 2.26. The van der Waals surface area contributed by atoms with E-state index in [1.165, 1.54) is 7.11 Å². The number of piperidine rings is 1. The molecule has 0 spiro atoms. The van der Waals surface area contributed by atoms with Gasteiger partial charge in [-0.05, 0) is 57.3 Å². The number of nitrogens with zero attached hydrogens (tertiary/aromatic N) is 6. The summed E-state index contributed by atoms with van der Waals surface area (Å²) < 4.78 is 23.7. The molecule has 0 aliphatic carbocycles. The summed E-state index contributed by atoms with van der Waals surface area (Å²) in [6, 6.07) is 4.43. The van der Waals surface area contributed by atoms with Crippen LogP contribution in [0.2, 0.25) is 0 Å². The van der Waals surface area contributed by atoms with Crippen molar-refractivity contribution in [2.75, 3.05) is 52.8 Å². The number of nitrogens with two attached hydrogens (primary N) is 1. The Bertz CT molecular complexity index is 1210. The standard InChI is InChI=1S/C27H39N7O5/c1-4-5-15-39-26-31-23(28)22-24(32-26)34(27(30-22)37-3)18-19-8-9-21(29-17-19)38-16-7-6-12-33-13-10-20(11-14-33)25(35)36-2/h8-9,17,20H,4-7,10-16,18H2,1-3H3,(H2,28,31,32). The maximum absolute atomic E-state index is 11.7. The third-order valence-corrected chi connectivity index (χ3v) is 6.86. The molecule has 1 aliphatic rings. The molecule has 0 aromatic carbocycles. The Labute approximate surface area is 228 Å². The summed E-state index contributed by atoms with van der Waals surface area (Å²) in [6.45, 7) is 6.52. The van der Waals surface area contributed by atoms with Gasteiger partial charge in [0, 0.05) is 12.3 Å². The Morgan fingerprint density at radius 2 is 1.85 bits per heavy atom. The maximum atomic E-state index is 11.7. The van der Waals surface area contributed by atoms with E-state index in [1.807, 2.05) is 16.7 Å². The van der Waals surface area contributed by atoms with E-state index in [2.05, 4.69) is 31.8 Å². The highest BCUT2D eigenvalue weighted by Gasteiger charge is 2.25. The first-order chi connectivity index (χ1) is 19.0. The van der Waals surface area contributed by atoms with Crippen LogP contribution in [-0.4, -0.2) is 82.4 Å². The monoisotopic (exact) mass is 541 g/mol. The molecule has 0 bridgehead atoms. The van der Waals surface area contributed by atoms with Gasteiger partial charge in [0.2, 0.25) is 5.88 Å². The molecule has 0 atom stereocenters. The third-order valence-electron chi connectivity index (χ3n) is 6.86. The molecule has 2 N–H and O–H groups in total. The number of fused-ring (bicyclic) bond motifs is 1. The number of carbonyl (C=O) groups is 1. The highest BCUT2D eigenvalue weighted by atomic mass is 16.5. The van der Waals surface area contributed by atoms with Gasteiger partial charge in [-0.2, -0.15) is 15.0 Å².